The lowest BCUT2D eigenvalue weighted by Crippen LogP contribution is -2.36. The minimum Gasteiger partial charge on any atom is -0.465 e. The molecule has 0 saturated heterocycles. The number of nitrogens with zero attached hydrogens (tertiary/aromatic N) is 1. The molecule has 2 heterocycles. The van der Waals surface area contributed by atoms with Gasteiger partial charge in [-0.25, -0.2) is 0 Å². The van der Waals surface area contributed by atoms with Crippen LogP contribution >= 0.6 is 11.6 Å². The molecule has 0 bridgehead atoms. The first-order valence-electron chi connectivity index (χ1n) is 9.44. The molecule has 6 nitrogen and oxygen atoms in total. The first-order valence-corrected chi connectivity index (χ1v) is 9.82. The molecule has 0 aliphatic heterocycles. The molecule has 0 aliphatic rings. The molecule has 3 rings (SSSR count). The number of pyridine rings is 1. The summed E-state index contributed by atoms with van der Waals surface area (Å²) in [5, 5.41) is 3.18. The number of nitrogens with one attached hydrogen (secondary N) is 2. The van der Waals surface area contributed by atoms with E-state index in [4.69, 9.17) is 16.3 Å². The van der Waals surface area contributed by atoms with E-state index in [0.717, 1.165) is 16.5 Å². The van der Waals surface area contributed by atoms with E-state index >= 15 is 0 Å². The molecule has 0 spiro atoms. The van der Waals surface area contributed by atoms with Crippen molar-refractivity contribution >= 4 is 34.4 Å². The second-order valence-corrected chi connectivity index (χ2v) is 7.08. The van der Waals surface area contributed by atoms with Gasteiger partial charge in [0, 0.05) is 29.8 Å². The maximum Gasteiger partial charge on any atom is 0.417 e. The fraction of sp³-hybridized carbons (Fsp3) is 0.286. The van der Waals surface area contributed by atoms with Crippen molar-refractivity contribution < 1.29 is 27.5 Å². The van der Waals surface area contributed by atoms with Gasteiger partial charge in [-0.2, -0.15) is 13.2 Å². The van der Waals surface area contributed by atoms with E-state index in [1.54, 1.807) is 6.92 Å². The molecule has 2 aromatic heterocycles. The highest BCUT2D eigenvalue weighted by molar-refractivity contribution is 6.32. The summed E-state index contributed by atoms with van der Waals surface area (Å²) in [6, 6.07) is 8.29. The van der Waals surface area contributed by atoms with Crippen LogP contribution in [0.4, 0.5) is 13.2 Å². The quantitative estimate of drug-likeness (QED) is 0.414. The molecule has 0 aliphatic carbocycles. The van der Waals surface area contributed by atoms with Gasteiger partial charge in [0.1, 0.15) is 0 Å². The Morgan fingerprint density at radius 1 is 1.29 bits per heavy atom. The number of H-pyrrole nitrogens is 1. The van der Waals surface area contributed by atoms with Crippen LogP contribution < -0.4 is 5.32 Å². The van der Waals surface area contributed by atoms with Gasteiger partial charge in [0.2, 0.25) is 5.91 Å². The van der Waals surface area contributed by atoms with Gasteiger partial charge in [0.15, 0.2) is 5.92 Å². The maximum atomic E-state index is 12.9. The molecule has 0 radical (unpaired) electrons. The summed E-state index contributed by atoms with van der Waals surface area (Å²) in [7, 11) is 0. The number of hydrogen-bond donors (Lipinski definition) is 2. The van der Waals surface area contributed by atoms with Crippen LogP contribution in [0.25, 0.3) is 10.9 Å². The molecule has 10 heteroatoms. The van der Waals surface area contributed by atoms with Crippen molar-refractivity contribution in [2.75, 3.05) is 13.2 Å². The highest BCUT2D eigenvalue weighted by atomic mass is 35.5. The van der Waals surface area contributed by atoms with E-state index in [1.165, 1.54) is 0 Å². The maximum absolute atomic E-state index is 12.9. The van der Waals surface area contributed by atoms with Gasteiger partial charge in [0.05, 0.1) is 22.9 Å². The van der Waals surface area contributed by atoms with Gasteiger partial charge in [-0.3, -0.25) is 14.6 Å². The Hall–Kier alpha value is -3.07. The molecule has 1 aromatic carbocycles. The number of ether oxygens (including phenoxy) is 1. The number of para-hydroxylation sites is 1. The average molecular weight is 454 g/mol. The number of esters is 1. The lowest BCUT2D eigenvalue weighted by atomic mass is 10.0. The number of hydrogen-bond acceptors (Lipinski definition) is 4. The highest BCUT2D eigenvalue weighted by Crippen LogP contribution is 2.33. The SMILES string of the molecule is CCOC(=O)[C@H](C(=O)NCCc1c[nH]c2ccccc12)c1ncc(C(F)(F)F)cc1Cl. The molecular formula is C21H19ClF3N3O3. The summed E-state index contributed by atoms with van der Waals surface area (Å²) >= 11 is 5.94. The topological polar surface area (TPSA) is 84.1 Å². The van der Waals surface area contributed by atoms with Crippen LogP contribution in [-0.2, 0) is 26.9 Å². The second kappa shape index (κ2) is 9.38. The van der Waals surface area contributed by atoms with Gasteiger partial charge in [-0.05, 0) is 31.0 Å². The van der Waals surface area contributed by atoms with Crippen LogP contribution in [0, 0.1) is 0 Å². The smallest absolute Gasteiger partial charge is 0.417 e. The van der Waals surface area contributed by atoms with Crippen LogP contribution in [0.3, 0.4) is 0 Å². The molecule has 3 aromatic rings. The third kappa shape index (κ3) is 5.16. The molecule has 1 amide bonds. The Bertz CT molecular complexity index is 1100. The average Bonchev–Trinajstić information content (AvgIpc) is 3.12. The van der Waals surface area contributed by atoms with E-state index in [0.29, 0.717) is 18.7 Å². The molecule has 31 heavy (non-hydrogen) atoms. The van der Waals surface area contributed by atoms with Crippen LogP contribution in [0.1, 0.15) is 29.7 Å². The summed E-state index contributed by atoms with van der Waals surface area (Å²) in [6.45, 7) is 1.72. The number of alkyl halides is 3. The summed E-state index contributed by atoms with van der Waals surface area (Å²) in [5.74, 6) is -3.29. The number of carbonyl (C=O) groups is 2. The number of halogens is 4. The Kier molecular flexibility index (Phi) is 6.84. The van der Waals surface area contributed by atoms with Crippen molar-refractivity contribution in [1.82, 2.24) is 15.3 Å². The van der Waals surface area contributed by atoms with Crippen LogP contribution in [-0.4, -0.2) is 35.0 Å². The lowest BCUT2D eigenvalue weighted by Gasteiger charge is -2.17. The first kappa shape index (κ1) is 22.6. The second-order valence-electron chi connectivity index (χ2n) is 6.67. The number of fused-ring (bicyclic) bond motifs is 1. The predicted molar refractivity (Wildman–Crippen MR) is 109 cm³/mol. The number of aromatic nitrogens is 2. The zero-order valence-corrected chi connectivity index (χ0v) is 17.2. The molecule has 1 atom stereocenters. The van der Waals surface area contributed by atoms with Gasteiger partial charge in [-0.15, -0.1) is 0 Å². The van der Waals surface area contributed by atoms with Crippen molar-refractivity contribution in [2.45, 2.75) is 25.4 Å². The standard InChI is InChI=1S/C21H19ClF3N3O3/c1-2-31-20(30)17(18-15(22)9-13(11-28-18)21(23,24)25)19(29)26-8-7-12-10-27-16-6-4-3-5-14(12)16/h3-6,9-11,17,27H,2,7-8H2,1H3,(H,26,29)/t17-/m0/s1. The van der Waals surface area contributed by atoms with E-state index in [9.17, 15) is 22.8 Å². The first-order chi connectivity index (χ1) is 14.7. The zero-order valence-electron chi connectivity index (χ0n) is 16.4. The van der Waals surface area contributed by atoms with E-state index in [2.05, 4.69) is 15.3 Å². The van der Waals surface area contributed by atoms with Gasteiger partial charge >= 0.3 is 12.1 Å². The predicted octanol–water partition coefficient (Wildman–Crippen LogP) is 4.24. The van der Waals surface area contributed by atoms with Gasteiger partial charge < -0.3 is 15.0 Å². The van der Waals surface area contributed by atoms with E-state index in [-0.39, 0.29) is 18.8 Å². The Labute approximate surface area is 180 Å². The molecule has 0 unspecified atom stereocenters. The molecule has 2 N–H and O–H groups in total. The van der Waals surface area contributed by atoms with Crippen LogP contribution in [0.2, 0.25) is 5.02 Å². The Morgan fingerprint density at radius 3 is 2.71 bits per heavy atom. The number of aromatic amines is 1. The summed E-state index contributed by atoms with van der Waals surface area (Å²) < 4.78 is 43.6. The molecular weight excluding hydrogens is 435 g/mol. The van der Waals surface area contributed by atoms with Crippen molar-refractivity contribution in [3.8, 4) is 0 Å². The molecule has 164 valence electrons. The minimum absolute atomic E-state index is 0.0177. The van der Waals surface area contributed by atoms with Crippen molar-refractivity contribution in [1.29, 1.82) is 0 Å². The number of benzene rings is 1. The zero-order chi connectivity index (χ0) is 22.6. The van der Waals surface area contributed by atoms with Crippen molar-refractivity contribution in [2.24, 2.45) is 0 Å². The number of amides is 1. The summed E-state index contributed by atoms with van der Waals surface area (Å²) in [5.41, 5.74) is 0.546. The third-order valence-electron chi connectivity index (χ3n) is 4.62. The Balaban J connectivity index is 1.77. The van der Waals surface area contributed by atoms with E-state index in [1.807, 2.05) is 30.5 Å². The third-order valence-corrected chi connectivity index (χ3v) is 4.93. The monoisotopic (exact) mass is 453 g/mol. The summed E-state index contributed by atoms with van der Waals surface area (Å²) in [4.78, 5) is 31.9. The van der Waals surface area contributed by atoms with Gasteiger partial charge in [0.25, 0.3) is 0 Å². The van der Waals surface area contributed by atoms with E-state index < -0.39 is 34.6 Å². The van der Waals surface area contributed by atoms with Gasteiger partial charge in [-0.1, -0.05) is 29.8 Å². The van der Waals surface area contributed by atoms with Crippen LogP contribution in [0.15, 0.2) is 42.7 Å². The largest absolute Gasteiger partial charge is 0.465 e. The minimum atomic E-state index is -4.66. The fourth-order valence-electron chi connectivity index (χ4n) is 3.15. The number of carbonyl (C=O) groups excluding carboxylic acids is 2. The normalized spacial score (nSPS) is 12.5. The number of rotatable bonds is 7. The highest BCUT2D eigenvalue weighted by Gasteiger charge is 2.36. The lowest BCUT2D eigenvalue weighted by molar-refractivity contribution is -0.148. The van der Waals surface area contributed by atoms with Crippen molar-refractivity contribution in [3.63, 3.8) is 0 Å². The molecule has 0 fully saturated rings. The molecule has 0 saturated carbocycles. The Morgan fingerprint density at radius 2 is 2.03 bits per heavy atom. The summed E-state index contributed by atoms with van der Waals surface area (Å²) in [6.07, 6.45) is -1.82. The van der Waals surface area contributed by atoms with Crippen molar-refractivity contribution in [3.05, 3.63) is 64.6 Å². The van der Waals surface area contributed by atoms with Crippen LogP contribution in [0.5, 0.6) is 0 Å². The fourth-order valence-corrected chi connectivity index (χ4v) is 3.42.